The second-order valence-electron chi connectivity index (χ2n) is 2.98. The van der Waals surface area contributed by atoms with Gasteiger partial charge in [0.05, 0.1) is 0 Å². The zero-order valence-corrected chi connectivity index (χ0v) is 6.52. The highest BCUT2D eigenvalue weighted by atomic mass is 16.6. The highest BCUT2D eigenvalue weighted by Gasteiger charge is 2.45. The van der Waals surface area contributed by atoms with Gasteiger partial charge < -0.3 is 0 Å². The van der Waals surface area contributed by atoms with Gasteiger partial charge in [-0.3, -0.25) is 9.63 Å². The molecule has 1 N–H and O–H groups in total. The molecular weight excluding hydrogens is 142 g/mol. The minimum absolute atomic E-state index is 0.0623. The van der Waals surface area contributed by atoms with Gasteiger partial charge in [-0.2, -0.15) is 0 Å². The van der Waals surface area contributed by atoms with Crippen molar-refractivity contribution in [2.45, 2.75) is 19.8 Å². The first-order valence-electron chi connectivity index (χ1n) is 3.55. The predicted octanol–water partition coefficient (Wildman–Crippen LogP) is 0.467. The number of carbonyl (C=O) groups is 1. The standard InChI is InChI=1S/C8H11NO2/c1-3-6-11-9-7(10)8(2)4-5-8/h1H,4-6H2,2H3,(H,9,10). The molecule has 0 aromatic heterocycles. The molecule has 1 fully saturated rings. The van der Waals surface area contributed by atoms with Gasteiger partial charge in [0.25, 0.3) is 0 Å². The summed E-state index contributed by atoms with van der Waals surface area (Å²) in [5, 5.41) is 0. The number of hydrogen-bond acceptors (Lipinski definition) is 2. The molecule has 3 heteroatoms. The van der Waals surface area contributed by atoms with Crippen LogP contribution in [0.4, 0.5) is 0 Å². The number of nitrogens with one attached hydrogen (secondary N) is 1. The first-order chi connectivity index (χ1) is 5.19. The van der Waals surface area contributed by atoms with Crippen LogP contribution >= 0.6 is 0 Å². The van der Waals surface area contributed by atoms with E-state index < -0.39 is 0 Å². The topological polar surface area (TPSA) is 38.3 Å². The average Bonchev–Trinajstić information content (AvgIpc) is 2.70. The Balaban J connectivity index is 2.18. The molecule has 0 unspecified atom stereocenters. The fraction of sp³-hybridized carbons (Fsp3) is 0.625. The third kappa shape index (κ3) is 1.95. The fourth-order valence-corrected chi connectivity index (χ4v) is 0.681. The van der Waals surface area contributed by atoms with Crippen LogP contribution in [0, 0.1) is 17.8 Å². The van der Waals surface area contributed by atoms with Crippen molar-refractivity contribution in [2.75, 3.05) is 6.61 Å². The predicted molar refractivity (Wildman–Crippen MR) is 40.3 cm³/mol. The quantitative estimate of drug-likeness (QED) is 0.363. The van der Waals surface area contributed by atoms with Crippen molar-refractivity contribution in [1.29, 1.82) is 0 Å². The summed E-state index contributed by atoms with van der Waals surface area (Å²) in [4.78, 5) is 15.8. The van der Waals surface area contributed by atoms with E-state index in [9.17, 15) is 4.79 Å². The summed E-state index contributed by atoms with van der Waals surface area (Å²) in [5.74, 6) is 2.20. The molecule has 1 aliphatic carbocycles. The molecule has 3 nitrogen and oxygen atoms in total. The van der Waals surface area contributed by atoms with Crippen LogP contribution in [-0.4, -0.2) is 12.5 Å². The smallest absolute Gasteiger partial charge is 0.249 e. The Kier molecular flexibility index (Phi) is 2.16. The summed E-state index contributed by atoms with van der Waals surface area (Å²) in [6, 6.07) is 0. The second-order valence-corrected chi connectivity index (χ2v) is 2.98. The molecule has 0 spiro atoms. The van der Waals surface area contributed by atoms with E-state index in [1.165, 1.54) is 0 Å². The van der Waals surface area contributed by atoms with Gasteiger partial charge in [-0.1, -0.05) is 12.8 Å². The van der Waals surface area contributed by atoms with Crippen molar-refractivity contribution in [2.24, 2.45) is 5.41 Å². The van der Waals surface area contributed by atoms with Gasteiger partial charge in [0, 0.05) is 5.41 Å². The van der Waals surface area contributed by atoms with Crippen LogP contribution in [0.5, 0.6) is 0 Å². The summed E-state index contributed by atoms with van der Waals surface area (Å²) in [7, 11) is 0. The molecule has 1 rings (SSSR count). The number of rotatable bonds is 3. The van der Waals surface area contributed by atoms with E-state index in [-0.39, 0.29) is 17.9 Å². The number of amides is 1. The van der Waals surface area contributed by atoms with Gasteiger partial charge in [0.2, 0.25) is 5.91 Å². The Labute approximate surface area is 66.1 Å². The van der Waals surface area contributed by atoms with Gasteiger partial charge >= 0.3 is 0 Å². The number of carbonyl (C=O) groups excluding carboxylic acids is 1. The lowest BCUT2D eigenvalue weighted by Crippen LogP contribution is -2.30. The van der Waals surface area contributed by atoms with Crippen LogP contribution < -0.4 is 5.48 Å². The Morgan fingerprint density at radius 2 is 2.45 bits per heavy atom. The lowest BCUT2D eigenvalue weighted by Gasteiger charge is -2.07. The van der Waals surface area contributed by atoms with Crippen molar-refractivity contribution < 1.29 is 9.63 Å². The summed E-state index contributed by atoms with van der Waals surface area (Å²) in [6.07, 6.45) is 6.80. The fourth-order valence-electron chi connectivity index (χ4n) is 0.681. The third-order valence-corrected chi connectivity index (χ3v) is 1.87. The Morgan fingerprint density at radius 1 is 1.82 bits per heavy atom. The zero-order valence-electron chi connectivity index (χ0n) is 6.52. The van der Waals surface area contributed by atoms with E-state index in [1.54, 1.807) is 0 Å². The van der Waals surface area contributed by atoms with Crippen LogP contribution in [0.3, 0.4) is 0 Å². The molecule has 0 atom stereocenters. The van der Waals surface area contributed by atoms with E-state index in [4.69, 9.17) is 6.42 Å². The largest absolute Gasteiger partial charge is 0.272 e. The zero-order chi connectivity index (χ0) is 8.32. The molecule has 60 valence electrons. The average molecular weight is 153 g/mol. The first-order valence-corrected chi connectivity index (χ1v) is 3.55. The molecule has 0 radical (unpaired) electrons. The Morgan fingerprint density at radius 3 is 2.91 bits per heavy atom. The summed E-state index contributed by atoms with van der Waals surface area (Å²) in [5.41, 5.74) is 2.12. The SMILES string of the molecule is C#CCONC(=O)C1(C)CC1. The normalized spacial score (nSPS) is 18.5. The molecule has 1 aliphatic rings. The highest BCUT2D eigenvalue weighted by molar-refractivity contribution is 5.83. The maximum absolute atomic E-state index is 11.1. The molecular formula is C8H11NO2. The van der Waals surface area contributed by atoms with Crippen LogP contribution in [0.25, 0.3) is 0 Å². The van der Waals surface area contributed by atoms with Gasteiger partial charge in [0.1, 0.15) is 6.61 Å². The molecule has 1 amide bonds. The number of hydroxylamine groups is 1. The van der Waals surface area contributed by atoms with Crippen molar-refractivity contribution in [3.8, 4) is 12.3 Å². The van der Waals surface area contributed by atoms with Crippen molar-refractivity contribution in [1.82, 2.24) is 5.48 Å². The van der Waals surface area contributed by atoms with E-state index in [0.29, 0.717) is 0 Å². The monoisotopic (exact) mass is 153 g/mol. The van der Waals surface area contributed by atoms with Gasteiger partial charge in [0.15, 0.2) is 0 Å². The molecule has 0 saturated heterocycles. The van der Waals surface area contributed by atoms with Crippen molar-refractivity contribution in [3.63, 3.8) is 0 Å². The van der Waals surface area contributed by atoms with Crippen molar-refractivity contribution >= 4 is 5.91 Å². The second kappa shape index (κ2) is 2.93. The lowest BCUT2D eigenvalue weighted by molar-refractivity contribution is -0.137. The number of terminal acetylenes is 1. The minimum atomic E-state index is -0.186. The molecule has 0 heterocycles. The van der Waals surface area contributed by atoms with E-state index in [1.807, 2.05) is 6.92 Å². The van der Waals surface area contributed by atoms with Crippen LogP contribution in [0.15, 0.2) is 0 Å². The van der Waals surface area contributed by atoms with Crippen LogP contribution in [-0.2, 0) is 9.63 Å². The van der Waals surface area contributed by atoms with E-state index in [2.05, 4.69) is 16.2 Å². The Bertz CT molecular complexity index is 201. The summed E-state index contributed by atoms with van der Waals surface area (Å²) < 4.78 is 0. The maximum atomic E-state index is 11.1. The molecule has 0 aromatic rings. The minimum Gasteiger partial charge on any atom is -0.272 e. The van der Waals surface area contributed by atoms with Crippen molar-refractivity contribution in [3.05, 3.63) is 0 Å². The molecule has 11 heavy (non-hydrogen) atoms. The van der Waals surface area contributed by atoms with Gasteiger partial charge in [-0.25, -0.2) is 5.48 Å². The maximum Gasteiger partial charge on any atom is 0.249 e. The number of hydrogen-bond donors (Lipinski definition) is 1. The molecule has 0 bridgehead atoms. The summed E-state index contributed by atoms with van der Waals surface area (Å²) >= 11 is 0. The first kappa shape index (κ1) is 8.09. The van der Waals surface area contributed by atoms with E-state index >= 15 is 0 Å². The van der Waals surface area contributed by atoms with Crippen LogP contribution in [0.2, 0.25) is 0 Å². The van der Waals surface area contributed by atoms with Gasteiger partial charge in [-0.05, 0) is 12.8 Å². The lowest BCUT2D eigenvalue weighted by atomic mass is 10.1. The molecule has 1 saturated carbocycles. The Hall–Kier alpha value is -1.01. The third-order valence-electron chi connectivity index (χ3n) is 1.87. The molecule has 0 aromatic carbocycles. The summed E-state index contributed by atoms with van der Waals surface area (Å²) in [6.45, 7) is 2.03. The van der Waals surface area contributed by atoms with E-state index in [0.717, 1.165) is 12.8 Å². The van der Waals surface area contributed by atoms with Crippen LogP contribution in [0.1, 0.15) is 19.8 Å². The molecule has 0 aliphatic heterocycles. The highest BCUT2D eigenvalue weighted by Crippen LogP contribution is 2.44. The van der Waals surface area contributed by atoms with Gasteiger partial charge in [-0.15, -0.1) is 6.42 Å².